The van der Waals surface area contributed by atoms with Gasteiger partial charge in [-0.3, -0.25) is 9.10 Å². The number of fused-ring (bicyclic) bond motifs is 1. The Labute approximate surface area is 182 Å². The maximum atomic E-state index is 12.5. The van der Waals surface area contributed by atoms with Crippen LogP contribution in [0.25, 0.3) is 10.8 Å². The first-order valence-electron chi connectivity index (χ1n) is 9.70. The zero-order valence-electron chi connectivity index (χ0n) is 17.2. The first-order chi connectivity index (χ1) is 14.3. The van der Waals surface area contributed by atoms with E-state index in [1.165, 1.54) is 15.4 Å². The molecule has 0 spiro atoms. The number of aryl methyl sites for hydroxylation is 1. The van der Waals surface area contributed by atoms with Crippen LogP contribution in [0.4, 0.5) is 5.69 Å². The second kappa shape index (κ2) is 10.00. The fourth-order valence-corrected chi connectivity index (χ4v) is 4.92. The van der Waals surface area contributed by atoms with Crippen molar-refractivity contribution in [3.63, 3.8) is 0 Å². The molecule has 5 nitrogen and oxygen atoms in total. The van der Waals surface area contributed by atoms with Crippen LogP contribution in [-0.2, 0) is 20.6 Å². The number of nitrogens with zero attached hydrogens (tertiary/aromatic N) is 1. The lowest BCUT2D eigenvalue weighted by molar-refractivity contribution is -0.119. The van der Waals surface area contributed by atoms with Gasteiger partial charge in [0.25, 0.3) is 0 Å². The maximum absolute atomic E-state index is 12.5. The van der Waals surface area contributed by atoms with Crippen LogP contribution in [0.3, 0.4) is 0 Å². The van der Waals surface area contributed by atoms with Crippen LogP contribution in [0.5, 0.6) is 0 Å². The molecule has 3 aromatic rings. The molecule has 0 saturated heterocycles. The van der Waals surface area contributed by atoms with Gasteiger partial charge in [0.2, 0.25) is 15.9 Å². The van der Waals surface area contributed by atoms with E-state index in [-0.39, 0.29) is 12.5 Å². The number of carbonyl (C=O) groups excluding carboxylic acids is 1. The first-order valence-corrected chi connectivity index (χ1v) is 12.7. The second-order valence-corrected chi connectivity index (χ2v) is 10.2. The minimum atomic E-state index is -3.61. The van der Waals surface area contributed by atoms with E-state index >= 15 is 0 Å². The van der Waals surface area contributed by atoms with Gasteiger partial charge in [-0.25, -0.2) is 8.42 Å². The summed E-state index contributed by atoms with van der Waals surface area (Å²) in [5.74, 6) is 1.32. The summed E-state index contributed by atoms with van der Waals surface area (Å²) in [6.45, 7) is 2.32. The Bertz CT molecular complexity index is 1120. The van der Waals surface area contributed by atoms with Crippen LogP contribution in [0.15, 0.2) is 66.7 Å². The zero-order valence-corrected chi connectivity index (χ0v) is 18.8. The number of hydrogen-bond donors (Lipinski definition) is 1. The van der Waals surface area contributed by atoms with E-state index in [1.54, 1.807) is 23.9 Å². The molecule has 3 aromatic carbocycles. The summed E-state index contributed by atoms with van der Waals surface area (Å²) in [5.41, 5.74) is 3.00. The Morgan fingerprint density at radius 3 is 2.53 bits per heavy atom. The van der Waals surface area contributed by atoms with Crippen LogP contribution in [-0.4, -0.2) is 39.4 Å². The molecule has 0 aliphatic rings. The van der Waals surface area contributed by atoms with Crippen LogP contribution in [0.1, 0.15) is 11.1 Å². The molecule has 7 heteroatoms. The van der Waals surface area contributed by atoms with Crippen molar-refractivity contribution in [2.75, 3.05) is 29.4 Å². The van der Waals surface area contributed by atoms with Crippen LogP contribution < -0.4 is 9.62 Å². The number of carbonyl (C=O) groups is 1. The van der Waals surface area contributed by atoms with Crippen LogP contribution >= 0.6 is 11.8 Å². The van der Waals surface area contributed by atoms with Gasteiger partial charge in [0.1, 0.15) is 6.54 Å². The molecule has 1 N–H and O–H groups in total. The van der Waals surface area contributed by atoms with Gasteiger partial charge in [-0.2, -0.15) is 11.8 Å². The fourth-order valence-electron chi connectivity index (χ4n) is 3.25. The Morgan fingerprint density at radius 1 is 1.03 bits per heavy atom. The van der Waals surface area contributed by atoms with Crippen molar-refractivity contribution < 1.29 is 13.2 Å². The molecule has 3 rings (SSSR count). The van der Waals surface area contributed by atoms with E-state index in [0.29, 0.717) is 12.2 Å². The van der Waals surface area contributed by atoms with Gasteiger partial charge < -0.3 is 5.32 Å². The smallest absolute Gasteiger partial charge is 0.240 e. The number of amides is 1. The summed E-state index contributed by atoms with van der Waals surface area (Å²) in [5, 5.41) is 4.56. The summed E-state index contributed by atoms with van der Waals surface area (Å²) in [6, 6.07) is 21.3. The third-order valence-electron chi connectivity index (χ3n) is 4.64. The molecule has 0 atom stereocenters. The highest BCUT2D eigenvalue weighted by molar-refractivity contribution is 7.98. The van der Waals surface area contributed by atoms with Crippen molar-refractivity contribution in [3.8, 4) is 0 Å². The topological polar surface area (TPSA) is 66.5 Å². The molecule has 0 aromatic heterocycles. The van der Waals surface area contributed by atoms with Crippen molar-refractivity contribution in [2.45, 2.75) is 12.7 Å². The van der Waals surface area contributed by atoms with Gasteiger partial charge >= 0.3 is 0 Å². The number of thioether (sulfide) groups is 1. The van der Waals surface area contributed by atoms with E-state index in [1.807, 2.05) is 36.4 Å². The fraction of sp³-hybridized carbons (Fsp3) is 0.261. The largest absolute Gasteiger partial charge is 0.354 e. The number of nitrogens with one attached hydrogen (secondary N) is 1. The molecular formula is C23H26N2O3S2. The summed E-state index contributed by atoms with van der Waals surface area (Å²) >= 11 is 1.73. The molecule has 1 amide bonds. The highest BCUT2D eigenvalue weighted by Crippen LogP contribution is 2.28. The van der Waals surface area contributed by atoms with E-state index in [9.17, 15) is 13.2 Å². The van der Waals surface area contributed by atoms with Crippen LogP contribution in [0, 0.1) is 6.92 Å². The van der Waals surface area contributed by atoms with Crippen molar-refractivity contribution in [2.24, 2.45) is 0 Å². The maximum Gasteiger partial charge on any atom is 0.240 e. The summed E-state index contributed by atoms with van der Waals surface area (Å²) < 4.78 is 26.0. The molecule has 158 valence electrons. The number of sulfonamides is 1. The van der Waals surface area contributed by atoms with Crippen molar-refractivity contribution in [1.82, 2.24) is 5.32 Å². The van der Waals surface area contributed by atoms with Crippen LogP contribution in [0.2, 0.25) is 0 Å². The van der Waals surface area contributed by atoms with E-state index in [4.69, 9.17) is 0 Å². The molecule has 0 radical (unpaired) electrons. The van der Waals surface area contributed by atoms with Gasteiger partial charge in [-0.05, 0) is 23.9 Å². The standard InChI is InChI=1S/C23H26N2O3S2/c1-18-7-5-8-19(15-18)17-29-14-13-24-23(26)16-25(30(2,27)28)22-12-6-10-20-9-3-4-11-21(20)22/h3-12,15H,13-14,16-17H2,1-2H3,(H,24,26). The monoisotopic (exact) mass is 442 g/mol. The lowest BCUT2D eigenvalue weighted by Gasteiger charge is -2.23. The molecule has 0 fully saturated rings. The molecule has 30 heavy (non-hydrogen) atoms. The van der Waals surface area contributed by atoms with E-state index in [2.05, 4.69) is 30.4 Å². The van der Waals surface area contributed by atoms with Gasteiger partial charge in [0.05, 0.1) is 11.9 Å². The number of rotatable bonds is 9. The van der Waals surface area contributed by atoms with Crippen molar-refractivity contribution >= 4 is 44.2 Å². The Kier molecular flexibility index (Phi) is 7.39. The highest BCUT2D eigenvalue weighted by atomic mass is 32.2. The van der Waals surface area contributed by atoms with Gasteiger partial charge in [-0.15, -0.1) is 0 Å². The van der Waals surface area contributed by atoms with Gasteiger partial charge in [0, 0.05) is 23.4 Å². The van der Waals surface area contributed by atoms with Gasteiger partial charge in [0.15, 0.2) is 0 Å². The van der Waals surface area contributed by atoms with E-state index in [0.717, 1.165) is 28.5 Å². The third kappa shape index (κ3) is 6.00. The van der Waals surface area contributed by atoms with Crippen molar-refractivity contribution in [1.29, 1.82) is 0 Å². The van der Waals surface area contributed by atoms with E-state index < -0.39 is 10.0 Å². The number of benzene rings is 3. The Hall–Kier alpha value is -2.51. The predicted octanol–water partition coefficient (Wildman–Crippen LogP) is 3.96. The normalized spacial score (nSPS) is 11.4. The van der Waals surface area contributed by atoms with Crippen molar-refractivity contribution in [3.05, 3.63) is 77.9 Å². The minimum Gasteiger partial charge on any atom is -0.354 e. The molecule has 0 bridgehead atoms. The lowest BCUT2D eigenvalue weighted by atomic mass is 10.1. The lowest BCUT2D eigenvalue weighted by Crippen LogP contribution is -2.41. The molecule has 0 heterocycles. The molecular weight excluding hydrogens is 416 g/mol. The highest BCUT2D eigenvalue weighted by Gasteiger charge is 2.22. The number of anilines is 1. The average molecular weight is 443 g/mol. The predicted molar refractivity (Wildman–Crippen MR) is 126 cm³/mol. The summed E-state index contributed by atoms with van der Waals surface area (Å²) in [4.78, 5) is 12.5. The summed E-state index contributed by atoms with van der Waals surface area (Å²) in [7, 11) is -3.61. The Morgan fingerprint density at radius 2 is 1.77 bits per heavy atom. The zero-order chi connectivity index (χ0) is 21.6. The number of hydrogen-bond acceptors (Lipinski definition) is 4. The Balaban J connectivity index is 1.58. The summed E-state index contributed by atoms with van der Waals surface area (Å²) in [6.07, 6.45) is 1.12. The SMILES string of the molecule is Cc1cccc(CSCCNC(=O)CN(c2cccc3ccccc23)S(C)(=O)=O)c1. The van der Waals surface area contributed by atoms with Gasteiger partial charge in [-0.1, -0.05) is 66.2 Å². The molecule has 0 aliphatic heterocycles. The molecule has 0 aliphatic carbocycles. The third-order valence-corrected chi connectivity index (χ3v) is 6.80. The quantitative estimate of drug-likeness (QED) is 0.510. The second-order valence-electron chi connectivity index (χ2n) is 7.16. The minimum absolute atomic E-state index is 0.241. The molecule has 0 unspecified atom stereocenters. The average Bonchev–Trinajstić information content (AvgIpc) is 2.71. The first kappa shape index (κ1) is 22.2. The molecule has 0 saturated carbocycles.